The Morgan fingerprint density at radius 3 is 2.17 bits per heavy atom. The smallest absolute Gasteiger partial charge is 0.0700 e. The molecule has 0 fully saturated rings. The fourth-order valence-electron chi connectivity index (χ4n) is 0.765. The molecule has 0 heterocycles. The lowest BCUT2D eigenvalue weighted by atomic mass is 10.4. The van der Waals surface area contributed by atoms with Crippen LogP contribution in [0.25, 0.3) is 0 Å². The quantitative estimate of drug-likeness (QED) is 0.455. The van der Waals surface area contributed by atoms with Crippen LogP contribution in [0.4, 0.5) is 0 Å². The van der Waals surface area contributed by atoms with E-state index in [0.29, 0.717) is 0 Å². The van der Waals surface area contributed by atoms with E-state index in [1.807, 2.05) is 0 Å². The number of hydrogen-bond donors (Lipinski definition) is 0. The summed E-state index contributed by atoms with van der Waals surface area (Å²) < 4.78 is 10.6. The molecular weight excluding hydrogens is 220 g/mol. The third kappa shape index (κ3) is 10.4. The predicted octanol–water partition coefficient (Wildman–Crippen LogP) is 2.60. The van der Waals surface area contributed by atoms with Crippen LogP contribution in [0.15, 0.2) is 0 Å². The van der Waals surface area contributed by atoms with Crippen LogP contribution in [0.5, 0.6) is 0 Å². The zero-order valence-electron chi connectivity index (χ0n) is 7.85. The molecule has 0 aromatic heterocycles. The first kappa shape index (κ1) is 12.4. The normalized spacial score (nSPS) is 10.5. The predicted molar refractivity (Wildman–Crippen MR) is 55.0 cm³/mol. The Balaban J connectivity index is 2.73. The molecule has 0 unspecified atom stereocenters. The van der Waals surface area contributed by atoms with Crippen LogP contribution in [0.3, 0.4) is 0 Å². The third-order valence-corrected chi connectivity index (χ3v) is 1.95. The highest BCUT2D eigenvalue weighted by Gasteiger charge is 1.89. The summed E-state index contributed by atoms with van der Waals surface area (Å²) in [5.74, 6) is 0. The second kappa shape index (κ2) is 11.4. The van der Waals surface area contributed by atoms with Crippen LogP contribution < -0.4 is 0 Å². The summed E-state index contributed by atoms with van der Waals surface area (Å²) in [4.78, 5) is 0. The highest BCUT2D eigenvalue weighted by atomic mass is 79.9. The van der Waals surface area contributed by atoms with E-state index in [2.05, 4.69) is 22.9 Å². The first-order valence-electron chi connectivity index (χ1n) is 4.63. The van der Waals surface area contributed by atoms with Gasteiger partial charge in [0, 0.05) is 18.5 Å². The van der Waals surface area contributed by atoms with Gasteiger partial charge in [-0.1, -0.05) is 22.9 Å². The van der Waals surface area contributed by atoms with Crippen LogP contribution in [0.2, 0.25) is 0 Å². The van der Waals surface area contributed by atoms with E-state index in [9.17, 15) is 0 Å². The van der Waals surface area contributed by atoms with Crippen molar-refractivity contribution in [3.05, 3.63) is 0 Å². The molecule has 12 heavy (non-hydrogen) atoms. The fourth-order valence-corrected chi connectivity index (χ4v) is 1.16. The molecule has 74 valence electrons. The molecule has 3 heteroatoms. The van der Waals surface area contributed by atoms with Crippen molar-refractivity contribution in [1.82, 2.24) is 0 Å². The largest absolute Gasteiger partial charge is 0.379 e. The number of halogens is 1. The van der Waals surface area contributed by atoms with Gasteiger partial charge in [-0.2, -0.15) is 0 Å². The van der Waals surface area contributed by atoms with Crippen LogP contribution in [-0.2, 0) is 9.47 Å². The molecule has 0 saturated heterocycles. The molecule has 2 nitrogen and oxygen atoms in total. The number of rotatable bonds is 9. The average molecular weight is 239 g/mol. The van der Waals surface area contributed by atoms with Crippen molar-refractivity contribution < 1.29 is 9.47 Å². The van der Waals surface area contributed by atoms with E-state index in [1.165, 1.54) is 6.42 Å². The summed E-state index contributed by atoms with van der Waals surface area (Å²) >= 11 is 3.37. The lowest BCUT2D eigenvalue weighted by Crippen LogP contribution is -2.05. The monoisotopic (exact) mass is 238 g/mol. The Kier molecular flexibility index (Phi) is 11.8. The summed E-state index contributed by atoms with van der Waals surface area (Å²) in [5, 5.41) is 1.07. The Bertz CT molecular complexity index is 68.9. The number of hydrogen-bond acceptors (Lipinski definition) is 2. The van der Waals surface area contributed by atoms with Crippen molar-refractivity contribution in [3.63, 3.8) is 0 Å². The highest BCUT2D eigenvalue weighted by Crippen LogP contribution is 1.94. The van der Waals surface area contributed by atoms with Gasteiger partial charge in [0.1, 0.15) is 0 Å². The molecule has 0 bridgehead atoms. The van der Waals surface area contributed by atoms with E-state index in [0.717, 1.165) is 44.6 Å². The summed E-state index contributed by atoms with van der Waals surface area (Å²) in [6.45, 7) is 5.30. The van der Waals surface area contributed by atoms with E-state index >= 15 is 0 Å². The SMILES string of the molecule is CCCOCCOCCCCBr. The van der Waals surface area contributed by atoms with Gasteiger partial charge in [0.05, 0.1) is 13.2 Å². The molecule has 0 aliphatic carbocycles. The van der Waals surface area contributed by atoms with Crippen LogP contribution in [0.1, 0.15) is 26.2 Å². The Morgan fingerprint density at radius 1 is 0.917 bits per heavy atom. The number of unbranched alkanes of at least 4 members (excludes halogenated alkanes) is 1. The zero-order valence-corrected chi connectivity index (χ0v) is 9.44. The number of ether oxygens (including phenoxy) is 2. The summed E-state index contributed by atoms with van der Waals surface area (Å²) in [6.07, 6.45) is 3.42. The Hall–Kier alpha value is 0.400. The van der Waals surface area contributed by atoms with Gasteiger partial charge in [-0.3, -0.25) is 0 Å². The zero-order chi connectivity index (χ0) is 9.07. The maximum atomic E-state index is 5.34. The van der Waals surface area contributed by atoms with Crippen molar-refractivity contribution in [3.8, 4) is 0 Å². The molecular formula is C9H19BrO2. The fraction of sp³-hybridized carbons (Fsp3) is 1.00. The molecule has 0 rings (SSSR count). The van der Waals surface area contributed by atoms with Gasteiger partial charge in [-0.25, -0.2) is 0 Å². The van der Waals surface area contributed by atoms with Gasteiger partial charge in [0.15, 0.2) is 0 Å². The molecule has 0 aromatic rings. The van der Waals surface area contributed by atoms with E-state index in [1.54, 1.807) is 0 Å². The molecule has 0 N–H and O–H groups in total. The van der Waals surface area contributed by atoms with Crippen LogP contribution in [-0.4, -0.2) is 31.8 Å². The second-order valence-corrected chi connectivity index (χ2v) is 3.41. The van der Waals surface area contributed by atoms with Crippen LogP contribution in [0, 0.1) is 0 Å². The maximum absolute atomic E-state index is 5.34. The highest BCUT2D eigenvalue weighted by molar-refractivity contribution is 9.09. The van der Waals surface area contributed by atoms with E-state index < -0.39 is 0 Å². The molecule has 0 saturated carbocycles. The minimum atomic E-state index is 0.738. The first-order valence-corrected chi connectivity index (χ1v) is 5.75. The third-order valence-electron chi connectivity index (χ3n) is 1.39. The van der Waals surface area contributed by atoms with Gasteiger partial charge in [0.2, 0.25) is 0 Å². The van der Waals surface area contributed by atoms with E-state index in [-0.39, 0.29) is 0 Å². The van der Waals surface area contributed by atoms with Crippen molar-refractivity contribution >= 4 is 15.9 Å². The van der Waals surface area contributed by atoms with Crippen LogP contribution >= 0.6 is 15.9 Å². The van der Waals surface area contributed by atoms with Gasteiger partial charge < -0.3 is 9.47 Å². The average Bonchev–Trinajstić information content (AvgIpc) is 2.10. The summed E-state index contributed by atoms with van der Waals surface area (Å²) in [6, 6.07) is 0. The summed E-state index contributed by atoms with van der Waals surface area (Å²) in [7, 11) is 0. The van der Waals surface area contributed by atoms with Gasteiger partial charge in [0.25, 0.3) is 0 Å². The second-order valence-electron chi connectivity index (χ2n) is 2.62. The molecule has 0 aromatic carbocycles. The molecule has 0 aliphatic rings. The standard InChI is InChI=1S/C9H19BrO2/c1-2-6-11-8-9-12-7-4-3-5-10/h2-9H2,1H3. The van der Waals surface area contributed by atoms with Gasteiger partial charge in [-0.05, 0) is 19.3 Å². The topological polar surface area (TPSA) is 18.5 Å². The van der Waals surface area contributed by atoms with E-state index in [4.69, 9.17) is 9.47 Å². The molecule has 0 atom stereocenters. The Morgan fingerprint density at radius 2 is 1.58 bits per heavy atom. The van der Waals surface area contributed by atoms with Crippen molar-refractivity contribution in [1.29, 1.82) is 0 Å². The van der Waals surface area contributed by atoms with Crippen molar-refractivity contribution in [2.24, 2.45) is 0 Å². The Labute approximate surface area is 83.8 Å². The lowest BCUT2D eigenvalue weighted by molar-refractivity contribution is 0.0471. The number of alkyl halides is 1. The molecule has 0 spiro atoms. The maximum Gasteiger partial charge on any atom is 0.0700 e. The minimum absolute atomic E-state index is 0.738. The summed E-state index contributed by atoms with van der Waals surface area (Å²) in [5.41, 5.74) is 0. The molecule has 0 aliphatic heterocycles. The van der Waals surface area contributed by atoms with Crippen molar-refractivity contribution in [2.45, 2.75) is 26.2 Å². The molecule has 0 amide bonds. The van der Waals surface area contributed by atoms with Gasteiger partial charge in [-0.15, -0.1) is 0 Å². The molecule has 0 radical (unpaired) electrons. The first-order chi connectivity index (χ1) is 5.91. The van der Waals surface area contributed by atoms with Gasteiger partial charge >= 0.3 is 0 Å². The minimum Gasteiger partial charge on any atom is -0.379 e. The lowest BCUT2D eigenvalue weighted by Gasteiger charge is -2.03. The van der Waals surface area contributed by atoms with Crippen molar-refractivity contribution in [2.75, 3.05) is 31.8 Å².